The Balaban J connectivity index is 1.63. The number of primary amides is 1. The Kier molecular flexibility index (Phi) is 6.26. The van der Waals surface area contributed by atoms with Gasteiger partial charge in [-0.05, 0) is 25.0 Å². The predicted octanol–water partition coefficient (Wildman–Crippen LogP) is 0.696. The Morgan fingerprint density at radius 1 is 1.26 bits per heavy atom. The van der Waals surface area contributed by atoms with Crippen molar-refractivity contribution in [1.82, 2.24) is 10.4 Å². The van der Waals surface area contributed by atoms with E-state index >= 15 is 0 Å². The third kappa shape index (κ3) is 5.12. The Labute approximate surface area is 138 Å². The summed E-state index contributed by atoms with van der Waals surface area (Å²) < 4.78 is 0. The van der Waals surface area contributed by atoms with Crippen LogP contribution in [-0.2, 0) is 19.2 Å². The maximum atomic E-state index is 11.6. The lowest BCUT2D eigenvalue weighted by Gasteiger charge is -2.19. The minimum absolute atomic E-state index is 0.0873. The summed E-state index contributed by atoms with van der Waals surface area (Å²) in [7, 11) is 0. The molecular weight excluding hydrogens is 322 g/mol. The molecule has 2 heterocycles. The van der Waals surface area contributed by atoms with Gasteiger partial charge >= 0.3 is 12.0 Å². The van der Waals surface area contributed by atoms with Crippen LogP contribution in [0.25, 0.3) is 0 Å². The molecule has 0 aromatic rings. The molecule has 128 valence electrons. The van der Waals surface area contributed by atoms with Crippen LogP contribution in [0.3, 0.4) is 0 Å². The summed E-state index contributed by atoms with van der Waals surface area (Å²) in [5, 5.41) is 3.62. The zero-order valence-corrected chi connectivity index (χ0v) is 13.6. The SMILES string of the molecule is NC(=O)N[C@H]1CCS[C@H]1CCCCC(=O)ON1C(=O)CCC1=O. The van der Waals surface area contributed by atoms with Crippen molar-refractivity contribution < 1.29 is 24.0 Å². The van der Waals surface area contributed by atoms with Crippen LogP contribution in [0.4, 0.5) is 4.79 Å². The molecule has 3 N–H and O–H groups in total. The van der Waals surface area contributed by atoms with Crippen LogP contribution in [0, 0.1) is 0 Å². The molecular formula is C14H21N3O5S. The molecule has 2 rings (SSSR count). The number of thioether (sulfide) groups is 1. The molecule has 0 aliphatic carbocycles. The molecule has 23 heavy (non-hydrogen) atoms. The lowest BCUT2D eigenvalue weighted by molar-refractivity contribution is -0.197. The molecule has 0 bridgehead atoms. The van der Waals surface area contributed by atoms with Crippen molar-refractivity contribution in [3.63, 3.8) is 0 Å². The fourth-order valence-corrected chi connectivity index (χ4v) is 4.16. The van der Waals surface area contributed by atoms with Gasteiger partial charge in [0.15, 0.2) is 0 Å². The molecule has 0 saturated carbocycles. The second-order valence-electron chi connectivity index (χ2n) is 5.60. The number of amides is 4. The van der Waals surface area contributed by atoms with Gasteiger partial charge in [-0.1, -0.05) is 6.42 Å². The second kappa shape index (κ2) is 8.19. The quantitative estimate of drug-likeness (QED) is 0.519. The first-order chi connectivity index (χ1) is 11.0. The number of nitrogens with zero attached hydrogens (tertiary/aromatic N) is 1. The van der Waals surface area contributed by atoms with E-state index in [1.54, 1.807) is 11.8 Å². The maximum absolute atomic E-state index is 11.6. The molecule has 2 atom stereocenters. The highest BCUT2D eigenvalue weighted by Gasteiger charge is 2.32. The lowest BCUT2D eigenvalue weighted by Crippen LogP contribution is -2.42. The third-order valence-corrected chi connectivity index (χ3v) is 5.32. The van der Waals surface area contributed by atoms with Gasteiger partial charge in [0.1, 0.15) is 0 Å². The first-order valence-corrected chi connectivity index (χ1v) is 8.76. The molecule has 8 nitrogen and oxygen atoms in total. The molecule has 2 aliphatic heterocycles. The van der Waals surface area contributed by atoms with Crippen molar-refractivity contribution in [2.24, 2.45) is 5.73 Å². The van der Waals surface area contributed by atoms with E-state index in [4.69, 9.17) is 10.6 Å². The highest BCUT2D eigenvalue weighted by atomic mass is 32.2. The maximum Gasteiger partial charge on any atom is 0.333 e. The van der Waals surface area contributed by atoms with Crippen LogP contribution in [0.15, 0.2) is 0 Å². The highest BCUT2D eigenvalue weighted by molar-refractivity contribution is 8.00. The van der Waals surface area contributed by atoms with Gasteiger partial charge in [-0.25, -0.2) is 9.59 Å². The Morgan fingerprint density at radius 2 is 1.96 bits per heavy atom. The van der Waals surface area contributed by atoms with Gasteiger partial charge in [0.05, 0.1) is 0 Å². The van der Waals surface area contributed by atoms with E-state index in [9.17, 15) is 19.2 Å². The van der Waals surface area contributed by atoms with Gasteiger partial charge in [0.25, 0.3) is 11.8 Å². The Hall–Kier alpha value is -1.77. The number of hydrogen-bond donors (Lipinski definition) is 2. The molecule has 0 aromatic carbocycles. The van der Waals surface area contributed by atoms with Gasteiger partial charge in [-0.15, -0.1) is 5.06 Å². The third-order valence-electron chi connectivity index (χ3n) is 3.86. The molecule has 2 saturated heterocycles. The molecule has 2 fully saturated rings. The average Bonchev–Trinajstić information content (AvgIpc) is 3.04. The van der Waals surface area contributed by atoms with Gasteiger partial charge in [0, 0.05) is 30.6 Å². The molecule has 4 amide bonds. The summed E-state index contributed by atoms with van der Waals surface area (Å²) in [5.41, 5.74) is 5.15. The normalized spacial score (nSPS) is 24.1. The average molecular weight is 343 g/mol. The number of hydroxylamine groups is 2. The van der Waals surface area contributed by atoms with Crippen molar-refractivity contribution in [2.45, 2.75) is 56.2 Å². The van der Waals surface area contributed by atoms with Crippen LogP contribution in [0.1, 0.15) is 44.9 Å². The van der Waals surface area contributed by atoms with Gasteiger partial charge in [-0.3, -0.25) is 9.59 Å². The van der Waals surface area contributed by atoms with Gasteiger partial charge < -0.3 is 15.9 Å². The highest BCUT2D eigenvalue weighted by Crippen LogP contribution is 2.30. The number of urea groups is 1. The van der Waals surface area contributed by atoms with E-state index in [2.05, 4.69) is 5.32 Å². The molecule has 0 spiro atoms. The number of imide groups is 1. The van der Waals surface area contributed by atoms with Crippen LogP contribution < -0.4 is 11.1 Å². The van der Waals surface area contributed by atoms with Gasteiger partial charge in [0.2, 0.25) is 0 Å². The predicted molar refractivity (Wildman–Crippen MR) is 83.0 cm³/mol. The number of unbranched alkanes of at least 4 members (excludes halogenated alkanes) is 1. The number of nitrogens with one attached hydrogen (secondary N) is 1. The summed E-state index contributed by atoms with van der Waals surface area (Å²) in [5.74, 6) is -0.520. The molecule has 2 aliphatic rings. The number of carbonyl (C=O) groups is 4. The fraction of sp³-hybridized carbons (Fsp3) is 0.714. The monoisotopic (exact) mass is 343 g/mol. The van der Waals surface area contributed by atoms with E-state index < -0.39 is 23.8 Å². The number of hydrogen-bond acceptors (Lipinski definition) is 6. The fourth-order valence-electron chi connectivity index (χ4n) is 2.70. The van der Waals surface area contributed by atoms with Gasteiger partial charge in [-0.2, -0.15) is 11.8 Å². The van der Waals surface area contributed by atoms with Crippen molar-refractivity contribution in [1.29, 1.82) is 0 Å². The van der Waals surface area contributed by atoms with E-state index in [1.165, 1.54) is 0 Å². The molecule has 9 heteroatoms. The Morgan fingerprint density at radius 3 is 2.61 bits per heavy atom. The van der Waals surface area contributed by atoms with E-state index in [1.807, 2.05) is 0 Å². The molecule has 0 unspecified atom stereocenters. The van der Waals surface area contributed by atoms with Crippen molar-refractivity contribution in [2.75, 3.05) is 5.75 Å². The topological polar surface area (TPSA) is 119 Å². The summed E-state index contributed by atoms with van der Waals surface area (Å²) in [6, 6.07) is -0.421. The van der Waals surface area contributed by atoms with E-state index in [0.29, 0.717) is 16.7 Å². The van der Waals surface area contributed by atoms with E-state index in [-0.39, 0.29) is 25.3 Å². The largest absolute Gasteiger partial charge is 0.352 e. The smallest absolute Gasteiger partial charge is 0.333 e. The van der Waals surface area contributed by atoms with Crippen LogP contribution in [0.2, 0.25) is 0 Å². The second-order valence-corrected chi connectivity index (χ2v) is 6.95. The van der Waals surface area contributed by atoms with Crippen LogP contribution >= 0.6 is 11.8 Å². The molecule has 0 radical (unpaired) electrons. The lowest BCUT2D eigenvalue weighted by atomic mass is 10.1. The summed E-state index contributed by atoms with van der Waals surface area (Å²) >= 11 is 1.79. The first kappa shape index (κ1) is 17.6. The summed E-state index contributed by atoms with van der Waals surface area (Å²) in [6.45, 7) is 0. The number of nitrogens with two attached hydrogens (primary N) is 1. The van der Waals surface area contributed by atoms with Crippen LogP contribution in [0.5, 0.6) is 0 Å². The van der Waals surface area contributed by atoms with E-state index in [0.717, 1.165) is 25.0 Å². The zero-order valence-electron chi connectivity index (χ0n) is 12.8. The van der Waals surface area contributed by atoms with Crippen molar-refractivity contribution in [3.8, 4) is 0 Å². The van der Waals surface area contributed by atoms with Crippen molar-refractivity contribution >= 4 is 35.6 Å². The minimum Gasteiger partial charge on any atom is -0.352 e. The number of carbonyl (C=O) groups excluding carboxylic acids is 4. The standard InChI is InChI=1S/C14H21N3O5S/c15-14(21)16-9-7-8-23-10(9)3-1-2-4-13(20)22-17-11(18)5-6-12(17)19/h9-10H,1-8H2,(H3,15,16,21)/t9-,10-/m0/s1. The minimum atomic E-state index is -0.570. The first-order valence-electron chi connectivity index (χ1n) is 7.71. The summed E-state index contributed by atoms with van der Waals surface area (Å²) in [4.78, 5) is 50.0. The number of rotatable bonds is 7. The molecule has 0 aromatic heterocycles. The Bertz CT molecular complexity index is 483. The van der Waals surface area contributed by atoms with Crippen molar-refractivity contribution in [3.05, 3.63) is 0 Å². The summed E-state index contributed by atoms with van der Waals surface area (Å²) in [6.07, 6.45) is 3.52. The zero-order chi connectivity index (χ0) is 16.8. The van der Waals surface area contributed by atoms with Crippen LogP contribution in [-0.4, -0.2) is 45.9 Å².